The van der Waals surface area contributed by atoms with Gasteiger partial charge in [-0.05, 0) is 75.7 Å². The highest BCUT2D eigenvalue weighted by atomic mass is 16.4. The van der Waals surface area contributed by atoms with Gasteiger partial charge in [-0.25, -0.2) is 4.79 Å². The molecule has 70 heavy (non-hydrogen) atoms. The maximum absolute atomic E-state index is 14.0. The zero-order chi connectivity index (χ0) is 54.0. The molecule has 0 fully saturated rings. The molecule has 0 aliphatic rings. The predicted molar refractivity (Wildman–Crippen MR) is 257 cm³/mol. The van der Waals surface area contributed by atoms with Crippen LogP contribution in [-0.2, 0) is 47.9 Å². The molecule has 10 atom stereocenters. The maximum Gasteiger partial charge on any atom is 0.326 e. The van der Waals surface area contributed by atoms with Gasteiger partial charge in [-0.1, -0.05) is 61.8 Å². The van der Waals surface area contributed by atoms with Crippen LogP contribution < -0.4 is 65.5 Å². The number of aliphatic imine (C=N–C) groups is 1. The molecular formula is C44H81N13O13. The molecule has 0 radical (unpaired) electrons. The lowest BCUT2D eigenvalue weighted by Crippen LogP contribution is -2.63. The second-order valence-corrected chi connectivity index (χ2v) is 18.4. The number of carboxylic acid groups (broad SMARTS) is 2. The summed E-state index contributed by atoms with van der Waals surface area (Å²) in [6.45, 7) is 14.3. The number of carbonyl (C=O) groups excluding carboxylic acids is 8. The molecule has 0 bridgehead atoms. The minimum atomic E-state index is -1.77. The second-order valence-electron chi connectivity index (χ2n) is 18.4. The fourth-order valence-electron chi connectivity index (χ4n) is 6.73. The Bertz CT molecular complexity index is 1790. The largest absolute Gasteiger partial charge is 0.481 e. The third-order valence-electron chi connectivity index (χ3n) is 11.0. The summed E-state index contributed by atoms with van der Waals surface area (Å²) < 4.78 is 0. The Hall–Kier alpha value is -6.15. The van der Waals surface area contributed by atoms with Crippen LogP contribution in [0.15, 0.2) is 4.99 Å². The van der Waals surface area contributed by atoms with Crippen molar-refractivity contribution < 1.29 is 63.3 Å². The highest BCUT2D eigenvalue weighted by Crippen LogP contribution is 2.14. The van der Waals surface area contributed by atoms with Crippen molar-refractivity contribution >= 4 is 65.2 Å². The van der Waals surface area contributed by atoms with Gasteiger partial charge in [-0.15, -0.1) is 0 Å². The molecule has 0 aromatic heterocycles. The van der Waals surface area contributed by atoms with Crippen LogP contribution in [-0.4, -0.2) is 155 Å². The molecule has 26 heteroatoms. The van der Waals surface area contributed by atoms with E-state index in [0.29, 0.717) is 19.3 Å². The van der Waals surface area contributed by atoms with Crippen LogP contribution >= 0.6 is 0 Å². The molecule has 0 saturated heterocycles. The zero-order valence-corrected chi connectivity index (χ0v) is 42.0. The lowest BCUT2D eigenvalue weighted by atomic mass is 9.95. The molecular weight excluding hydrogens is 919 g/mol. The molecule has 0 aliphatic heterocycles. The number of nitrogens with two attached hydrogens (primary N) is 4. The monoisotopic (exact) mass is 1000 g/mol. The van der Waals surface area contributed by atoms with E-state index in [4.69, 9.17) is 22.9 Å². The number of hydrogen-bond donors (Lipinski definition) is 15. The van der Waals surface area contributed by atoms with Crippen molar-refractivity contribution in [2.24, 2.45) is 51.6 Å². The van der Waals surface area contributed by atoms with E-state index in [9.17, 15) is 63.3 Å². The van der Waals surface area contributed by atoms with Gasteiger partial charge < -0.3 is 80.8 Å². The van der Waals surface area contributed by atoms with Crippen LogP contribution in [0, 0.1) is 23.7 Å². The molecule has 8 amide bonds. The summed E-state index contributed by atoms with van der Waals surface area (Å²) in [5.41, 5.74) is 22.2. The molecule has 0 aliphatic carbocycles. The van der Waals surface area contributed by atoms with Crippen LogP contribution in [0.3, 0.4) is 0 Å². The lowest BCUT2D eigenvalue weighted by molar-refractivity contribution is -0.144. The smallest absolute Gasteiger partial charge is 0.326 e. The number of hydrogen-bond acceptors (Lipinski definition) is 14. The predicted octanol–water partition coefficient (Wildman–Crippen LogP) is -3.65. The minimum Gasteiger partial charge on any atom is -0.481 e. The zero-order valence-electron chi connectivity index (χ0n) is 42.0. The standard InChI is InChI=1S/C44H81N13O13/c1-10-24(8)34(41(67)57-35(25(9)58)42(68)55-33(23(6)7)43(69)70)56-40(66)32(22(4)5)54-37(63)27(15-11-12-16-45)52-39(65)29(19-31(60)61)53-38(64)28(18-21(2)3)51-30(59)20-50-36(62)26(46)14-13-17-49-44(47)48/h21-29,32-35,58H,10-20,45-46H2,1-9H3,(H,50,62)(H,51,59)(H,52,65)(H,53,64)(H,54,63)(H,55,68)(H,56,66)(H,57,67)(H,60,61)(H,69,70)(H4,47,48,49)/t24-,25+,26-,27-,28-,29-,32-,33-,34-,35-/m0/s1. The van der Waals surface area contributed by atoms with Crippen molar-refractivity contribution in [3.05, 3.63) is 0 Å². The topological polar surface area (TPSA) is 444 Å². The summed E-state index contributed by atoms with van der Waals surface area (Å²) >= 11 is 0. The Labute approximate surface area is 409 Å². The fourth-order valence-corrected chi connectivity index (χ4v) is 6.73. The summed E-state index contributed by atoms with van der Waals surface area (Å²) in [5, 5.41) is 49.4. The van der Waals surface area contributed by atoms with E-state index >= 15 is 0 Å². The molecule has 0 aromatic rings. The van der Waals surface area contributed by atoms with E-state index in [1.54, 1.807) is 55.4 Å². The first-order valence-electron chi connectivity index (χ1n) is 23.6. The Kier molecular flexibility index (Phi) is 29.8. The van der Waals surface area contributed by atoms with E-state index in [-0.39, 0.29) is 50.7 Å². The molecule has 0 heterocycles. The van der Waals surface area contributed by atoms with E-state index in [1.165, 1.54) is 6.92 Å². The number of amides is 8. The van der Waals surface area contributed by atoms with E-state index in [2.05, 4.69) is 47.5 Å². The number of nitrogens with one attached hydrogen (secondary N) is 8. The molecule has 0 rings (SSSR count). The normalized spacial score (nSPS) is 15.5. The molecule has 19 N–H and O–H groups in total. The third kappa shape index (κ3) is 24.4. The number of aliphatic carboxylic acids is 2. The van der Waals surface area contributed by atoms with Crippen LogP contribution in [0.5, 0.6) is 0 Å². The van der Waals surface area contributed by atoms with Crippen molar-refractivity contribution in [3.8, 4) is 0 Å². The number of carbonyl (C=O) groups is 10. The fraction of sp³-hybridized carbons (Fsp3) is 0.750. The maximum atomic E-state index is 14.0. The Morgan fingerprint density at radius 1 is 0.571 bits per heavy atom. The highest BCUT2D eigenvalue weighted by Gasteiger charge is 2.38. The average Bonchev–Trinajstić information content (AvgIpc) is 3.26. The van der Waals surface area contributed by atoms with Gasteiger partial charge in [0.2, 0.25) is 47.3 Å². The van der Waals surface area contributed by atoms with Crippen LogP contribution in [0.25, 0.3) is 0 Å². The summed E-state index contributed by atoms with van der Waals surface area (Å²) in [6.07, 6.45) is -0.852. The molecule has 0 saturated carbocycles. The third-order valence-corrected chi connectivity index (χ3v) is 11.0. The van der Waals surface area contributed by atoms with Gasteiger partial charge in [0.1, 0.15) is 42.3 Å². The number of aliphatic hydroxyl groups excluding tert-OH is 1. The molecule has 400 valence electrons. The minimum absolute atomic E-state index is 0.0293. The second kappa shape index (κ2) is 32.6. The number of rotatable bonds is 34. The molecule has 0 unspecified atom stereocenters. The van der Waals surface area contributed by atoms with Crippen LogP contribution in [0.2, 0.25) is 0 Å². The number of nitrogens with zero attached hydrogens (tertiary/aromatic N) is 1. The SMILES string of the molecule is CC[C@H](C)[C@H](NC(=O)[C@@H](NC(=O)[C@H](CCCCN)NC(=O)[C@H](CC(=O)O)NC(=O)[C@H](CC(C)C)NC(=O)CNC(=O)[C@@H](N)CCCN=C(N)N)C(C)C)C(=O)N[C@H](C(=O)N[C@H](C(=O)O)C(C)C)[C@@H](C)O. The van der Waals surface area contributed by atoms with E-state index in [0.717, 1.165) is 0 Å². The lowest BCUT2D eigenvalue weighted by Gasteiger charge is -2.31. The first kappa shape index (κ1) is 63.8. The van der Waals surface area contributed by atoms with Gasteiger partial charge in [0.05, 0.1) is 25.1 Å². The number of guanidine groups is 1. The van der Waals surface area contributed by atoms with Crippen molar-refractivity contribution in [1.29, 1.82) is 0 Å². The van der Waals surface area contributed by atoms with E-state index in [1.807, 2.05) is 0 Å². The number of aliphatic hydroxyl groups is 1. The molecule has 26 nitrogen and oxygen atoms in total. The summed E-state index contributed by atoms with van der Waals surface area (Å²) in [5.74, 6) is -12.0. The summed E-state index contributed by atoms with van der Waals surface area (Å²) in [6, 6.07) is -11.1. The highest BCUT2D eigenvalue weighted by molar-refractivity contribution is 5.98. The van der Waals surface area contributed by atoms with Gasteiger partial charge >= 0.3 is 11.9 Å². The van der Waals surface area contributed by atoms with Gasteiger partial charge in [-0.2, -0.15) is 0 Å². The summed E-state index contributed by atoms with van der Waals surface area (Å²) in [4.78, 5) is 135. The molecule has 0 spiro atoms. The quantitative estimate of drug-likeness (QED) is 0.0168. The van der Waals surface area contributed by atoms with Gasteiger partial charge in [-0.3, -0.25) is 48.1 Å². The Morgan fingerprint density at radius 2 is 1.07 bits per heavy atom. The van der Waals surface area contributed by atoms with Gasteiger partial charge in [0.15, 0.2) is 5.96 Å². The number of unbranched alkanes of at least 4 members (excludes halogenated alkanes) is 1. The first-order chi connectivity index (χ1) is 32.6. The van der Waals surface area contributed by atoms with Crippen molar-refractivity contribution in [3.63, 3.8) is 0 Å². The number of carboxylic acids is 2. The Balaban J connectivity index is 6.36. The average molecular weight is 1000 g/mol. The van der Waals surface area contributed by atoms with Crippen molar-refractivity contribution in [1.82, 2.24) is 42.5 Å². The summed E-state index contributed by atoms with van der Waals surface area (Å²) in [7, 11) is 0. The van der Waals surface area contributed by atoms with Gasteiger partial charge in [0.25, 0.3) is 0 Å². The van der Waals surface area contributed by atoms with Crippen LogP contribution in [0.4, 0.5) is 0 Å². The molecule has 0 aromatic carbocycles. The van der Waals surface area contributed by atoms with E-state index < -0.39 is 144 Å². The first-order valence-corrected chi connectivity index (χ1v) is 23.6. The van der Waals surface area contributed by atoms with Crippen molar-refractivity contribution in [2.75, 3.05) is 19.6 Å². The Morgan fingerprint density at radius 3 is 1.57 bits per heavy atom. The van der Waals surface area contributed by atoms with Crippen LogP contribution in [0.1, 0.15) is 114 Å². The van der Waals surface area contributed by atoms with Gasteiger partial charge in [0, 0.05) is 6.54 Å². The van der Waals surface area contributed by atoms with Crippen molar-refractivity contribution in [2.45, 2.75) is 168 Å².